The van der Waals surface area contributed by atoms with Crippen LogP contribution in [0.3, 0.4) is 0 Å². The van der Waals surface area contributed by atoms with E-state index in [9.17, 15) is 13.2 Å². The largest absolute Gasteiger partial charge is 0.351 e. The second-order valence-electron chi connectivity index (χ2n) is 7.82. The molecule has 0 radical (unpaired) electrons. The second kappa shape index (κ2) is 8.62. The van der Waals surface area contributed by atoms with E-state index in [-0.39, 0.29) is 28.5 Å². The highest BCUT2D eigenvalue weighted by Crippen LogP contribution is 2.30. The smallest absolute Gasteiger partial charge is 0.290 e. The first-order chi connectivity index (χ1) is 14.0. The van der Waals surface area contributed by atoms with Crippen LogP contribution in [0.2, 0.25) is 0 Å². The molecule has 2 fully saturated rings. The third kappa shape index (κ3) is 4.51. The van der Waals surface area contributed by atoms with E-state index in [4.69, 9.17) is 4.52 Å². The Hall–Kier alpha value is -2.26. The molecule has 1 saturated heterocycles. The number of piperidine rings is 1. The minimum Gasteiger partial charge on any atom is -0.351 e. The van der Waals surface area contributed by atoms with Crippen molar-refractivity contribution in [2.75, 3.05) is 13.1 Å². The lowest BCUT2D eigenvalue weighted by molar-refractivity contribution is 0.0890. The Morgan fingerprint density at radius 3 is 2.76 bits per heavy atom. The first-order valence-electron chi connectivity index (χ1n) is 10.2. The molecule has 0 aromatic carbocycles. The van der Waals surface area contributed by atoms with Crippen molar-refractivity contribution in [2.45, 2.75) is 61.8 Å². The minimum atomic E-state index is -3.60. The molecule has 2 aromatic rings. The number of nitrogens with one attached hydrogen (secondary N) is 1. The summed E-state index contributed by atoms with van der Waals surface area (Å²) in [4.78, 5) is 16.6. The lowest BCUT2D eigenvalue weighted by Gasteiger charge is -2.30. The maximum atomic E-state index is 12.9. The predicted molar refractivity (Wildman–Crippen MR) is 106 cm³/mol. The number of aromatic nitrogens is 2. The summed E-state index contributed by atoms with van der Waals surface area (Å²) in [5.74, 6) is -0.153. The molecule has 3 heterocycles. The number of sulfonamides is 1. The Labute approximate surface area is 170 Å². The summed E-state index contributed by atoms with van der Waals surface area (Å²) in [5, 5.41) is 7.09. The Kier molecular flexibility index (Phi) is 5.96. The summed E-state index contributed by atoms with van der Waals surface area (Å²) >= 11 is 0. The van der Waals surface area contributed by atoms with E-state index >= 15 is 0 Å². The van der Waals surface area contributed by atoms with E-state index < -0.39 is 10.0 Å². The molecule has 1 saturated carbocycles. The van der Waals surface area contributed by atoms with Crippen LogP contribution in [0, 0.1) is 0 Å². The Morgan fingerprint density at radius 1 is 1.17 bits per heavy atom. The number of pyridine rings is 1. The van der Waals surface area contributed by atoms with Gasteiger partial charge in [0.1, 0.15) is 4.90 Å². The van der Waals surface area contributed by atoms with Crippen LogP contribution in [0.5, 0.6) is 0 Å². The fourth-order valence-corrected chi connectivity index (χ4v) is 5.63. The van der Waals surface area contributed by atoms with Crippen molar-refractivity contribution < 1.29 is 17.7 Å². The van der Waals surface area contributed by atoms with Gasteiger partial charge in [-0.3, -0.25) is 9.78 Å². The minimum absolute atomic E-state index is 0.102. The summed E-state index contributed by atoms with van der Waals surface area (Å²) in [7, 11) is -3.60. The molecular weight excluding hydrogens is 392 g/mol. The summed E-state index contributed by atoms with van der Waals surface area (Å²) in [6, 6.07) is 5.02. The van der Waals surface area contributed by atoms with Gasteiger partial charge in [-0.2, -0.15) is 4.31 Å². The van der Waals surface area contributed by atoms with Gasteiger partial charge in [0.05, 0.1) is 5.69 Å². The molecule has 0 spiro atoms. The van der Waals surface area contributed by atoms with Crippen molar-refractivity contribution in [3.05, 3.63) is 42.0 Å². The second-order valence-corrected chi connectivity index (χ2v) is 9.75. The third-order valence-electron chi connectivity index (χ3n) is 5.77. The molecule has 9 heteroatoms. The van der Waals surface area contributed by atoms with Gasteiger partial charge in [0.25, 0.3) is 5.91 Å². The number of hydrogen-bond acceptors (Lipinski definition) is 6. The molecule has 1 atom stereocenters. The van der Waals surface area contributed by atoms with Gasteiger partial charge in [0, 0.05) is 43.5 Å². The van der Waals surface area contributed by atoms with Crippen LogP contribution in [0.15, 0.2) is 40.0 Å². The summed E-state index contributed by atoms with van der Waals surface area (Å²) < 4.78 is 32.5. The van der Waals surface area contributed by atoms with E-state index in [2.05, 4.69) is 15.5 Å². The highest BCUT2D eigenvalue weighted by molar-refractivity contribution is 7.89. The van der Waals surface area contributed by atoms with Gasteiger partial charge in [-0.1, -0.05) is 24.4 Å². The third-order valence-corrected chi connectivity index (χ3v) is 7.62. The molecule has 156 valence electrons. The molecule has 4 rings (SSSR count). The van der Waals surface area contributed by atoms with Crippen LogP contribution >= 0.6 is 0 Å². The highest BCUT2D eigenvalue weighted by Gasteiger charge is 2.33. The first kappa shape index (κ1) is 20.0. The maximum absolute atomic E-state index is 12.9. The Morgan fingerprint density at radius 2 is 2.00 bits per heavy atom. The average Bonchev–Trinajstić information content (AvgIpc) is 3.26. The molecular formula is C20H26N4O4S. The number of hydrogen-bond donors (Lipinski definition) is 1. The van der Waals surface area contributed by atoms with E-state index in [1.807, 2.05) is 0 Å². The highest BCUT2D eigenvalue weighted by atomic mass is 32.2. The molecule has 0 bridgehead atoms. The monoisotopic (exact) mass is 418 g/mol. The van der Waals surface area contributed by atoms with Crippen molar-refractivity contribution >= 4 is 15.9 Å². The van der Waals surface area contributed by atoms with E-state index in [0.29, 0.717) is 18.8 Å². The normalized spacial score (nSPS) is 21.7. The molecule has 2 aromatic heterocycles. The van der Waals surface area contributed by atoms with Crippen LogP contribution in [0.4, 0.5) is 0 Å². The predicted octanol–water partition coefficient (Wildman–Crippen LogP) is 2.70. The molecule has 1 N–H and O–H groups in total. The fourth-order valence-electron chi connectivity index (χ4n) is 4.14. The summed E-state index contributed by atoms with van der Waals surface area (Å²) in [5.41, 5.74) is 0.630. The number of rotatable bonds is 5. The van der Waals surface area contributed by atoms with Crippen molar-refractivity contribution in [1.82, 2.24) is 19.8 Å². The van der Waals surface area contributed by atoms with E-state index in [1.54, 1.807) is 24.4 Å². The zero-order valence-corrected chi connectivity index (χ0v) is 17.1. The van der Waals surface area contributed by atoms with Crippen molar-refractivity contribution in [3.63, 3.8) is 0 Å². The van der Waals surface area contributed by atoms with Gasteiger partial charge < -0.3 is 9.84 Å². The zero-order chi connectivity index (χ0) is 20.3. The van der Waals surface area contributed by atoms with Crippen molar-refractivity contribution in [1.29, 1.82) is 0 Å². The van der Waals surface area contributed by atoms with Crippen LogP contribution in [0.25, 0.3) is 0 Å². The molecule has 1 aliphatic carbocycles. The van der Waals surface area contributed by atoms with Crippen LogP contribution in [-0.2, 0) is 10.0 Å². The van der Waals surface area contributed by atoms with Crippen LogP contribution in [0.1, 0.15) is 67.1 Å². The van der Waals surface area contributed by atoms with Crippen LogP contribution < -0.4 is 5.32 Å². The van der Waals surface area contributed by atoms with Gasteiger partial charge in [0.2, 0.25) is 15.8 Å². The van der Waals surface area contributed by atoms with Gasteiger partial charge in [0.15, 0.2) is 0 Å². The molecule has 29 heavy (non-hydrogen) atoms. The fraction of sp³-hybridized carbons (Fsp3) is 0.550. The molecule has 1 amide bonds. The number of carbonyl (C=O) groups is 1. The Bertz CT molecular complexity index is 938. The van der Waals surface area contributed by atoms with Gasteiger partial charge in [-0.15, -0.1) is 0 Å². The topological polar surface area (TPSA) is 105 Å². The van der Waals surface area contributed by atoms with Crippen molar-refractivity contribution in [2.24, 2.45) is 0 Å². The molecule has 0 unspecified atom stereocenters. The zero-order valence-electron chi connectivity index (χ0n) is 16.3. The lowest BCUT2D eigenvalue weighted by Crippen LogP contribution is -2.39. The lowest BCUT2D eigenvalue weighted by atomic mass is 9.95. The SMILES string of the molecule is O=C(NC1CCCCC1)c1cc([C@H]2CCCN(S(=O)(=O)c3cccnc3)C2)no1. The first-order valence-corrected chi connectivity index (χ1v) is 11.7. The molecule has 2 aliphatic rings. The van der Waals surface area contributed by atoms with Gasteiger partial charge in [-0.25, -0.2) is 8.42 Å². The van der Waals surface area contributed by atoms with E-state index in [1.165, 1.54) is 16.9 Å². The van der Waals surface area contributed by atoms with Gasteiger partial charge in [-0.05, 0) is 37.8 Å². The van der Waals surface area contributed by atoms with Crippen LogP contribution in [-0.4, -0.2) is 47.9 Å². The van der Waals surface area contributed by atoms with Gasteiger partial charge >= 0.3 is 0 Å². The number of nitrogens with zero attached hydrogens (tertiary/aromatic N) is 3. The number of carbonyl (C=O) groups excluding carboxylic acids is 1. The van der Waals surface area contributed by atoms with Crippen molar-refractivity contribution in [3.8, 4) is 0 Å². The standard InChI is InChI=1S/C20H26N4O4S/c25-20(22-16-7-2-1-3-8-16)19-12-18(23-28-19)15-6-5-11-24(14-15)29(26,27)17-9-4-10-21-13-17/h4,9-10,12-13,15-16H,1-3,5-8,11,14H2,(H,22,25)/t15-/m0/s1. The maximum Gasteiger partial charge on any atom is 0.290 e. The summed E-state index contributed by atoms with van der Waals surface area (Å²) in [6.07, 6.45) is 9.92. The Balaban J connectivity index is 1.43. The summed E-state index contributed by atoms with van der Waals surface area (Å²) in [6.45, 7) is 0.772. The molecule has 8 nitrogen and oxygen atoms in total. The average molecular weight is 419 g/mol. The molecule has 1 aliphatic heterocycles. The number of amides is 1. The van der Waals surface area contributed by atoms with E-state index in [0.717, 1.165) is 38.5 Å². The quantitative estimate of drug-likeness (QED) is 0.800.